The Bertz CT molecular complexity index is 5070. The molecule has 4 bridgehead atoms. The standard InChI is InChI=1S/C23H32N6O2Si.C17H18N6O.C15H21N5OSi.C8H11NO.C6H7BrO2.2C6H8O2.C4H12Si.C3H3N.C2H6.HI/c1-32(2,3)11-10-31-16-28-9-7-20-22(25-15-26-23(20)28)18-13-27-29(14-18)21(6-8-24)17-4-5-19(30)12-17;18-5-3-15(11-1-2-13(24)7-11)23-9-12(8-22-23)16-14-4-6-19-17(14)21-10-20-16;1-22(2,3)7-6-21-11-20-5-4-13-14(12-8-18-19-9-12)16-10-17-15(13)20;9-5-1-2-7-3-4-8(10)6-7;7-4-1-3-2-5(4)9-6(3)8;7-6-4-1-2-5(3-4)8-6;7-6(8)5-3-1-2-4-5;1-5(2,3)4;1-2-3-4;1-2;/h7,9,13-15,17,19,21,30H,4-6,10-12,16H2,1-3H3;4,6,8-11,13,15,24H,1-3,7H2,(H,19,20,21);4-5,8-10H,6-7,11H2,1-3H3,(H,18,19);1-2,7-8,10H,3-4,6H2;3-5H,1-2H2;4-5H,1-3H2;1-2,5H,3-4H2,(H,7,8);1-4H3;2H,1H2;1-2H3;1H/b;;;2-1+;;;;;;;/t17-,19+,21?;11-,13+,15?;;7-,8+;;;;;;;/m00.0......./s1. The van der Waals surface area contributed by atoms with Crippen LogP contribution in [0.5, 0.6) is 0 Å². The van der Waals surface area contributed by atoms with Gasteiger partial charge in [-0.2, -0.15) is 36.3 Å². The van der Waals surface area contributed by atoms with Crippen molar-refractivity contribution in [3.05, 3.63) is 130 Å². The lowest BCUT2D eigenvalue weighted by molar-refractivity contribution is -0.148. The van der Waals surface area contributed by atoms with Crippen LogP contribution in [0.25, 0.3) is 66.9 Å². The van der Waals surface area contributed by atoms with Crippen molar-refractivity contribution in [3.63, 3.8) is 0 Å². The molecule has 2 saturated heterocycles. The van der Waals surface area contributed by atoms with Crippen molar-refractivity contribution in [2.75, 3.05) is 13.2 Å². The maximum atomic E-state index is 10.7. The summed E-state index contributed by atoms with van der Waals surface area (Å²) in [5, 5.41) is 90.2. The largest absolute Gasteiger partial charge is 0.481 e. The molecule has 8 aliphatic rings. The maximum absolute atomic E-state index is 10.7. The first-order valence-electron chi connectivity index (χ1n) is 43.2. The lowest BCUT2D eigenvalue weighted by Crippen LogP contribution is -2.23. The summed E-state index contributed by atoms with van der Waals surface area (Å²) < 4.78 is 29.4. The third-order valence-electron chi connectivity index (χ3n) is 22.1. The van der Waals surface area contributed by atoms with E-state index in [9.17, 15) is 35.1 Å². The molecule has 11 heterocycles. The van der Waals surface area contributed by atoms with Gasteiger partial charge in [0.1, 0.15) is 61.6 Å². The quantitative estimate of drug-likeness (QED) is 0.00740. The summed E-state index contributed by atoms with van der Waals surface area (Å²) in [6.07, 6.45) is 44.8. The fraction of sp³-hybridized carbons (Fsp3) is 0.556. The maximum Gasteiger partial charge on any atom is 0.309 e. The Balaban J connectivity index is 0.000000207. The lowest BCUT2D eigenvalue weighted by atomic mass is 9.96. The molecule has 125 heavy (non-hydrogen) atoms. The fourth-order valence-electron chi connectivity index (χ4n) is 15.5. The summed E-state index contributed by atoms with van der Waals surface area (Å²) in [6.45, 7) is 33.1. The number of H-pyrrole nitrogens is 2. The Morgan fingerprint density at radius 3 is 1.50 bits per heavy atom. The smallest absolute Gasteiger partial charge is 0.309 e. The van der Waals surface area contributed by atoms with Crippen molar-refractivity contribution in [2.45, 2.75) is 268 Å². The number of nitriles is 4. The van der Waals surface area contributed by atoms with Crippen molar-refractivity contribution in [1.29, 1.82) is 21.0 Å². The number of esters is 2. The molecule has 0 spiro atoms. The number of aliphatic carboxylic acids is 1. The van der Waals surface area contributed by atoms with E-state index in [2.05, 4.69) is 155 Å². The minimum absolute atomic E-state index is 0. The number of rotatable bonds is 21. The molecule has 0 radical (unpaired) electrons. The molecule has 9 aromatic heterocycles. The lowest BCUT2D eigenvalue weighted by Gasteiger charge is -2.21. The molecule has 674 valence electrons. The van der Waals surface area contributed by atoms with Gasteiger partial charge in [0.25, 0.3) is 0 Å². The van der Waals surface area contributed by atoms with Gasteiger partial charge in [-0.3, -0.25) is 28.8 Å². The van der Waals surface area contributed by atoms with Gasteiger partial charge < -0.3 is 53.5 Å². The zero-order valence-corrected chi connectivity index (χ0v) is 81.3. The molecule has 0 aromatic carbocycles. The van der Waals surface area contributed by atoms with Gasteiger partial charge in [-0.25, -0.2) is 29.9 Å². The van der Waals surface area contributed by atoms with Gasteiger partial charge in [0.05, 0.1) is 126 Å². The number of hydrogen-bond donors (Lipinski definition) is 6. The van der Waals surface area contributed by atoms with Gasteiger partial charge in [0.15, 0.2) is 0 Å². The van der Waals surface area contributed by atoms with Crippen LogP contribution in [0.3, 0.4) is 0 Å². The third-order valence-corrected chi connectivity index (χ3v) is 26.4. The van der Waals surface area contributed by atoms with Crippen LogP contribution in [0.4, 0.5) is 0 Å². The number of carbonyl (C=O) groups excluding carboxylic acids is 2. The second kappa shape index (κ2) is 50.9. The summed E-state index contributed by atoms with van der Waals surface area (Å²) in [6, 6.07) is 16.4. The molecule has 30 nitrogen and oxygen atoms in total. The zero-order chi connectivity index (χ0) is 90.1. The topological polar surface area (TPSA) is 432 Å². The number of hydrogen-bond acceptors (Lipinski definition) is 23. The van der Waals surface area contributed by atoms with Crippen molar-refractivity contribution in [3.8, 4) is 58.0 Å². The van der Waals surface area contributed by atoms with Crippen LogP contribution in [0, 0.1) is 80.8 Å². The molecule has 6 N–H and O–H groups in total. The Morgan fingerprint density at radius 2 is 1.12 bits per heavy atom. The predicted octanol–water partition coefficient (Wildman–Crippen LogP) is 18.1. The van der Waals surface area contributed by atoms with Crippen LogP contribution in [0.1, 0.15) is 142 Å². The van der Waals surface area contributed by atoms with Crippen molar-refractivity contribution >= 4 is 115 Å². The summed E-state index contributed by atoms with van der Waals surface area (Å²) >= 11 is 3.45. The number of aliphatic hydroxyl groups excluding tert-OH is 3. The molecule has 35 heteroatoms. The van der Waals surface area contributed by atoms with Crippen molar-refractivity contribution < 1.29 is 53.8 Å². The Morgan fingerprint density at radius 1 is 0.624 bits per heavy atom. The third kappa shape index (κ3) is 32.5. The first-order chi connectivity index (χ1) is 59.3. The molecular weight excluding hydrogens is 1810 g/mol. The number of allylic oxidation sites excluding steroid dienone is 5. The molecule has 0 amide bonds. The zero-order valence-electron chi connectivity index (χ0n) is 74.3. The SMILES string of the molecule is C=CC#N.CC.C[Si](C)(C)C.C[Si](C)(C)CCOCn1ccc2c(-c3cn[nH]c3)ncnc21.C[Si](C)(C)CCOCn1ccc2c(-c3cnn(C(CC#N)[C@H]4CC[C@@H](O)C4)c3)ncnc21.I.N#C/C=C/[C@H]1CC[C@@H](O)C1.N#CCC([C@H]1CC[C@@H](O)C1)n1cc(-c2ncnc3[nH]ccc23)cn1.O=C(O)C1CC=CC1.O=C1OC2CC1CC2Br.O=C1OC2CCC1C2. The second-order valence-corrected chi connectivity index (χ2v) is 54.5. The van der Waals surface area contributed by atoms with Gasteiger partial charge in [-0.1, -0.05) is 120 Å². The number of carboxylic acids is 1. The molecular formula is C90H127BrIN19O11Si3. The van der Waals surface area contributed by atoms with Crippen LogP contribution in [-0.4, -0.2) is 185 Å². The van der Waals surface area contributed by atoms with E-state index in [0.717, 1.165) is 189 Å². The van der Waals surface area contributed by atoms with Gasteiger partial charge in [0, 0.05) is 120 Å². The minimum Gasteiger partial charge on any atom is -0.481 e. The highest BCUT2D eigenvalue weighted by atomic mass is 127. The normalized spacial score (nSPS) is 22.1. The van der Waals surface area contributed by atoms with Gasteiger partial charge in [-0.05, 0) is 151 Å². The number of carbonyl (C=O) groups is 3. The highest BCUT2D eigenvalue weighted by molar-refractivity contribution is 14.0. The van der Waals surface area contributed by atoms with E-state index in [1.807, 2.05) is 112 Å². The first-order valence-corrected chi connectivity index (χ1v) is 55.6. The number of aromatic nitrogens is 15. The Kier molecular flexibility index (Phi) is 41.9. The number of nitrogens with one attached hydrogen (secondary N) is 2. The molecule has 2 aliphatic heterocycles. The first kappa shape index (κ1) is 103. The number of aromatic amines is 2. The van der Waals surface area contributed by atoms with E-state index in [4.69, 9.17) is 39.7 Å². The number of nitrogens with zero attached hydrogens (tertiary/aromatic N) is 17. The molecule has 7 fully saturated rings. The molecule has 5 saturated carbocycles. The van der Waals surface area contributed by atoms with Crippen LogP contribution < -0.4 is 0 Å². The number of halogens is 2. The van der Waals surface area contributed by atoms with E-state index in [1.165, 1.54) is 24.5 Å². The number of aliphatic hydroxyl groups is 3. The van der Waals surface area contributed by atoms with Crippen LogP contribution >= 0.6 is 39.9 Å². The minimum atomic E-state index is -1.12. The van der Waals surface area contributed by atoms with E-state index in [1.54, 1.807) is 37.3 Å². The number of alkyl halides is 1. The van der Waals surface area contributed by atoms with Crippen molar-refractivity contribution in [2.24, 2.45) is 35.5 Å². The second-order valence-electron chi connectivity index (χ2n) is 36.1. The highest BCUT2D eigenvalue weighted by Gasteiger charge is 2.46. The Hall–Kier alpha value is -9.26. The summed E-state index contributed by atoms with van der Waals surface area (Å²) in [7, 11) is -2.78. The summed E-state index contributed by atoms with van der Waals surface area (Å²) in [5.74, 6) is 0.721. The fourth-order valence-corrected chi connectivity index (χ4v) is 17.8. The number of carboxylic acid groups (broad SMARTS) is 1. The summed E-state index contributed by atoms with van der Waals surface area (Å²) in [5.41, 5.74) is 7.82. The van der Waals surface area contributed by atoms with Crippen LogP contribution in [0.2, 0.25) is 77.6 Å². The molecule has 13 atom stereocenters. The van der Waals surface area contributed by atoms with E-state index in [-0.39, 0.29) is 102 Å². The molecule has 6 aliphatic carbocycles. The number of ether oxygens (including phenoxy) is 4. The Labute approximate surface area is 763 Å². The number of fused-ring (bicyclic) bond motifs is 7. The van der Waals surface area contributed by atoms with Gasteiger partial charge in [-0.15, -0.1) is 24.0 Å². The van der Waals surface area contributed by atoms with Gasteiger partial charge in [0.2, 0.25) is 0 Å². The van der Waals surface area contributed by atoms with E-state index < -0.39 is 30.2 Å². The monoisotopic (exact) mass is 1940 g/mol. The molecule has 17 rings (SSSR count). The molecule has 9 aromatic rings. The van der Waals surface area contributed by atoms with E-state index in [0.29, 0.717) is 43.2 Å². The average Bonchev–Trinajstić information content (AvgIpc) is 1.65. The van der Waals surface area contributed by atoms with E-state index >= 15 is 0 Å². The summed E-state index contributed by atoms with van der Waals surface area (Å²) in [4.78, 5) is 61.4. The van der Waals surface area contributed by atoms with Crippen molar-refractivity contribution in [1.82, 2.24) is 73.8 Å². The predicted molar refractivity (Wildman–Crippen MR) is 504 cm³/mol. The average molecular weight is 1940 g/mol. The van der Waals surface area contributed by atoms with Crippen LogP contribution in [0.15, 0.2) is 130 Å². The highest BCUT2D eigenvalue weighted by Crippen LogP contribution is 2.42. The van der Waals surface area contributed by atoms with Gasteiger partial charge >= 0.3 is 17.9 Å². The molecule has 7 unspecified atom stereocenters. The van der Waals surface area contributed by atoms with Crippen LogP contribution in [-0.2, 0) is 46.8 Å².